The minimum Gasteiger partial charge on any atom is -0.209 e. The van der Waals surface area contributed by atoms with Crippen LogP contribution in [0.3, 0.4) is 0 Å². The van der Waals surface area contributed by atoms with Crippen LogP contribution in [-0.4, -0.2) is 0 Å². The summed E-state index contributed by atoms with van der Waals surface area (Å²) in [5, 5.41) is 0. The highest BCUT2D eigenvalue weighted by molar-refractivity contribution is 5.68. The van der Waals surface area contributed by atoms with Gasteiger partial charge in [0, 0.05) is 5.56 Å². The van der Waals surface area contributed by atoms with Gasteiger partial charge >= 0.3 is 0 Å². The van der Waals surface area contributed by atoms with Crippen molar-refractivity contribution in [3.05, 3.63) is 125 Å². The fourth-order valence-electron chi connectivity index (χ4n) is 3.86. The van der Waals surface area contributed by atoms with Gasteiger partial charge in [0.25, 0.3) is 0 Å². The van der Waals surface area contributed by atoms with Crippen LogP contribution in [0.1, 0.15) is 30.0 Å². The van der Waals surface area contributed by atoms with E-state index in [0.717, 1.165) is 47.2 Å². The SMILES string of the molecule is CCC(F)=C(F)c1ccc(-c2ccc(CCc3ccc(-c4cc(F)c(F)c(F)c4)cc3)cc2)cc1. The maximum absolute atomic E-state index is 14.0. The monoisotopic (exact) mass is 478 g/mol. The lowest BCUT2D eigenvalue weighted by Crippen LogP contribution is -1.93. The number of benzene rings is 4. The van der Waals surface area contributed by atoms with Gasteiger partial charge in [0.1, 0.15) is 5.83 Å². The Morgan fingerprint density at radius 3 is 1.40 bits per heavy atom. The number of rotatable bonds is 7. The molecule has 0 unspecified atom stereocenters. The molecule has 0 radical (unpaired) electrons. The van der Waals surface area contributed by atoms with E-state index in [4.69, 9.17) is 0 Å². The van der Waals surface area contributed by atoms with Gasteiger partial charge < -0.3 is 0 Å². The van der Waals surface area contributed by atoms with Crippen LogP contribution in [-0.2, 0) is 12.8 Å². The summed E-state index contributed by atoms with van der Waals surface area (Å²) in [4.78, 5) is 0. The topological polar surface area (TPSA) is 0 Å². The summed E-state index contributed by atoms with van der Waals surface area (Å²) < 4.78 is 67.6. The second kappa shape index (κ2) is 10.7. The first-order valence-corrected chi connectivity index (χ1v) is 11.3. The van der Waals surface area contributed by atoms with Crippen molar-refractivity contribution in [2.45, 2.75) is 26.2 Å². The molecule has 4 aromatic rings. The van der Waals surface area contributed by atoms with E-state index in [1.165, 1.54) is 0 Å². The van der Waals surface area contributed by atoms with Gasteiger partial charge in [-0.3, -0.25) is 0 Å². The Kier molecular flexibility index (Phi) is 7.45. The van der Waals surface area contributed by atoms with Gasteiger partial charge in [-0.15, -0.1) is 0 Å². The molecule has 35 heavy (non-hydrogen) atoms. The Hall–Kier alpha value is -3.73. The lowest BCUT2D eigenvalue weighted by Gasteiger charge is -2.08. The second-order valence-electron chi connectivity index (χ2n) is 8.30. The summed E-state index contributed by atoms with van der Waals surface area (Å²) in [5.41, 5.74) is 5.20. The third-order valence-corrected chi connectivity index (χ3v) is 5.95. The molecule has 0 saturated carbocycles. The van der Waals surface area contributed by atoms with E-state index in [2.05, 4.69) is 0 Å². The highest BCUT2D eigenvalue weighted by Gasteiger charge is 2.12. The summed E-state index contributed by atoms with van der Waals surface area (Å²) in [6.45, 7) is 1.57. The molecule has 178 valence electrons. The van der Waals surface area contributed by atoms with E-state index >= 15 is 0 Å². The van der Waals surface area contributed by atoms with Crippen LogP contribution in [0.25, 0.3) is 28.1 Å². The van der Waals surface area contributed by atoms with Crippen molar-refractivity contribution < 1.29 is 22.0 Å². The third kappa shape index (κ3) is 5.68. The number of hydrogen-bond acceptors (Lipinski definition) is 0. The quantitative estimate of drug-likeness (QED) is 0.183. The molecule has 4 aromatic carbocycles. The average molecular weight is 479 g/mol. The molecule has 0 spiro atoms. The molecule has 0 saturated heterocycles. The molecule has 0 atom stereocenters. The van der Waals surface area contributed by atoms with Crippen LogP contribution >= 0.6 is 0 Å². The van der Waals surface area contributed by atoms with Crippen molar-refractivity contribution >= 4 is 5.83 Å². The van der Waals surface area contributed by atoms with Crippen LogP contribution in [0.4, 0.5) is 22.0 Å². The van der Waals surface area contributed by atoms with Crippen LogP contribution in [0, 0.1) is 17.5 Å². The summed E-state index contributed by atoms with van der Waals surface area (Å²) in [7, 11) is 0. The van der Waals surface area contributed by atoms with E-state index in [1.807, 2.05) is 36.4 Å². The van der Waals surface area contributed by atoms with E-state index in [9.17, 15) is 22.0 Å². The van der Waals surface area contributed by atoms with Crippen molar-refractivity contribution in [1.29, 1.82) is 0 Å². The zero-order chi connectivity index (χ0) is 24.9. The fourth-order valence-corrected chi connectivity index (χ4v) is 3.86. The summed E-state index contributed by atoms with van der Waals surface area (Å²) in [5.74, 6) is -5.47. The third-order valence-electron chi connectivity index (χ3n) is 5.95. The largest absolute Gasteiger partial charge is 0.209 e. The molecule has 0 aliphatic carbocycles. The molecule has 0 aliphatic rings. The van der Waals surface area contributed by atoms with Gasteiger partial charge in [0.2, 0.25) is 0 Å². The number of aryl methyl sites for hydroxylation is 2. The number of halogens is 5. The average Bonchev–Trinajstić information content (AvgIpc) is 2.90. The minimum atomic E-state index is -1.47. The predicted octanol–water partition coefficient (Wildman–Crippen LogP) is 9.24. The zero-order valence-corrected chi connectivity index (χ0v) is 19.1. The molecular formula is C30H23F5. The Morgan fingerprint density at radius 1 is 0.571 bits per heavy atom. The van der Waals surface area contributed by atoms with Gasteiger partial charge in [0.15, 0.2) is 23.3 Å². The highest BCUT2D eigenvalue weighted by Crippen LogP contribution is 2.27. The Balaban J connectivity index is 1.39. The molecule has 0 N–H and O–H groups in total. The molecule has 0 fully saturated rings. The second-order valence-corrected chi connectivity index (χ2v) is 8.30. The van der Waals surface area contributed by atoms with Crippen LogP contribution < -0.4 is 0 Å². The Labute approximate surface area is 201 Å². The van der Waals surface area contributed by atoms with Gasteiger partial charge in [-0.25, -0.2) is 22.0 Å². The maximum atomic E-state index is 14.0. The molecule has 5 heteroatoms. The first-order chi connectivity index (χ1) is 16.9. The van der Waals surface area contributed by atoms with Crippen molar-refractivity contribution in [2.24, 2.45) is 0 Å². The fraction of sp³-hybridized carbons (Fsp3) is 0.133. The lowest BCUT2D eigenvalue weighted by molar-refractivity contribution is 0.448. The number of hydrogen-bond donors (Lipinski definition) is 0. The summed E-state index contributed by atoms with van der Waals surface area (Å²) in [6.07, 6.45) is 1.59. The molecule has 0 nitrogen and oxygen atoms in total. The van der Waals surface area contributed by atoms with Crippen LogP contribution in [0.2, 0.25) is 0 Å². The number of allylic oxidation sites excluding steroid dienone is 1. The van der Waals surface area contributed by atoms with Gasteiger partial charge in [-0.05, 0) is 64.8 Å². The highest BCUT2D eigenvalue weighted by atomic mass is 19.2. The molecule has 0 aliphatic heterocycles. The first-order valence-electron chi connectivity index (χ1n) is 11.3. The van der Waals surface area contributed by atoms with E-state index in [-0.39, 0.29) is 17.5 Å². The molecule has 0 amide bonds. The molecule has 4 rings (SSSR count). The van der Waals surface area contributed by atoms with Crippen molar-refractivity contribution in [2.75, 3.05) is 0 Å². The zero-order valence-electron chi connectivity index (χ0n) is 19.1. The lowest BCUT2D eigenvalue weighted by atomic mass is 9.98. The maximum Gasteiger partial charge on any atom is 0.194 e. The Morgan fingerprint density at radius 2 is 0.971 bits per heavy atom. The van der Waals surface area contributed by atoms with Crippen molar-refractivity contribution in [3.8, 4) is 22.3 Å². The molecule has 0 heterocycles. The summed E-state index contributed by atoms with van der Waals surface area (Å²) >= 11 is 0. The summed E-state index contributed by atoms with van der Waals surface area (Å²) in [6, 6.07) is 24.0. The van der Waals surface area contributed by atoms with Gasteiger partial charge in [-0.2, -0.15) is 0 Å². The van der Waals surface area contributed by atoms with Gasteiger partial charge in [0.05, 0.1) is 0 Å². The van der Waals surface area contributed by atoms with Gasteiger partial charge in [-0.1, -0.05) is 79.7 Å². The van der Waals surface area contributed by atoms with Crippen molar-refractivity contribution in [3.63, 3.8) is 0 Å². The first kappa shape index (κ1) is 24.4. The molecular weight excluding hydrogens is 455 g/mol. The van der Waals surface area contributed by atoms with Crippen molar-refractivity contribution in [1.82, 2.24) is 0 Å². The van der Waals surface area contributed by atoms with Crippen LogP contribution in [0.15, 0.2) is 90.8 Å². The van der Waals surface area contributed by atoms with Crippen LogP contribution in [0.5, 0.6) is 0 Å². The Bertz CT molecular complexity index is 1310. The standard InChI is InChI=1S/C30H23F5/c1-2-26(31)29(34)24-15-13-22(14-16-24)21-9-5-19(6-10-21)3-4-20-7-11-23(12-8-20)25-17-27(32)30(35)28(33)18-25/h5-18H,2-4H2,1H3. The predicted molar refractivity (Wildman–Crippen MR) is 130 cm³/mol. The van der Waals surface area contributed by atoms with E-state index in [1.54, 1.807) is 43.3 Å². The molecule has 0 aromatic heterocycles. The normalized spacial score (nSPS) is 11.9. The van der Waals surface area contributed by atoms with E-state index in [0.29, 0.717) is 5.56 Å². The molecule has 0 bridgehead atoms. The smallest absolute Gasteiger partial charge is 0.194 e. The van der Waals surface area contributed by atoms with E-state index < -0.39 is 29.1 Å². The minimum absolute atomic E-state index is 0.0212.